The quantitative estimate of drug-likeness (QED) is 0.489. The van der Waals surface area contributed by atoms with E-state index in [4.69, 9.17) is 5.26 Å². The third kappa shape index (κ3) is 0.949. The highest BCUT2D eigenvalue weighted by Crippen LogP contribution is 2.28. The molecule has 3 nitrogen and oxygen atoms in total. The van der Waals surface area contributed by atoms with Crippen LogP contribution in [0.3, 0.4) is 0 Å². The average Bonchev–Trinajstić information content (AvgIpc) is 2.13. The van der Waals surface area contributed by atoms with Gasteiger partial charge in [-0.2, -0.15) is 5.26 Å². The van der Waals surface area contributed by atoms with E-state index in [1.165, 1.54) is 0 Å². The standard InChI is InChI=1S/C8H13N3/c1-7-5-11(6-9)8(2,3)10(7)4/h5H,1-4H3. The molecule has 60 valence electrons. The van der Waals surface area contributed by atoms with Gasteiger partial charge in [-0.25, -0.2) is 0 Å². The molecule has 0 spiro atoms. The smallest absolute Gasteiger partial charge is 0.185 e. The molecule has 1 aliphatic rings. The average molecular weight is 151 g/mol. The predicted octanol–water partition coefficient (Wildman–Crippen LogP) is 1.31. The summed E-state index contributed by atoms with van der Waals surface area (Å²) < 4.78 is 0. The number of nitriles is 1. The highest BCUT2D eigenvalue weighted by molar-refractivity contribution is 5.14. The lowest BCUT2D eigenvalue weighted by Crippen LogP contribution is -2.44. The van der Waals surface area contributed by atoms with E-state index in [9.17, 15) is 0 Å². The van der Waals surface area contributed by atoms with Crippen LogP contribution in [0.4, 0.5) is 0 Å². The summed E-state index contributed by atoms with van der Waals surface area (Å²) in [5.41, 5.74) is 0.926. The zero-order chi connectivity index (χ0) is 8.65. The Balaban J connectivity index is 2.97. The van der Waals surface area contributed by atoms with Crippen LogP contribution in [0.15, 0.2) is 11.9 Å². The molecule has 0 radical (unpaired) electrons. The molecule has 0 aromatic heterocycles. The minimum absolute atomic E-state index is 0.196. The fourth-order valence-electron chi connectivity index (χ4n) is 1.18. The molecule has 0 amide bonds. The monoisotopic (exact) mass is 151 g/mol. The summed E-state index contributed by atoms with van der Waals surface area (Å²) in [6.07, 6.45) is 3.99. The maximum atomic E-state index is 8.74. The van der Waals surface area contributed by atoms with Crippen LogP contribution in [0.5, 0.6) is 0 Å². The molecule has 0 unspecified atom stereocenters. The molecule has 0 saturated heterocycles. The predicted molar refractivity (Wildman–Crippen MR) is 43.1 cm³/mol. The lowest BCUT2D eigenvalue weighted by Gasteiger charge is -2.34. The van der Waals surface area contributed by atoms with Gasteiger partial charge in [0.1, 0.15) is 5.66 Å². The van der Waals surface area contributed by atoms with Crippen LogP contribution in [0.25, 0.3) is 0 Å². The first kappa shape index (κ1) is 7.93. The molecular formula is C8H13N3. The van der Waals surface area contributed by atoms with Gasteiger partial charge < -0.3 is 4.90 Å². The van der Waals surface area contributed by atoms with Crippen molar-refractivity contribution in [3.8, 4) is 6.19 Å². The van der Waals surface area contributed by atoms with Gasteiger partial charge in [-0.05, 0) is 20.8 Å². The van der Waals surface area contributed by atoms with Crippen molar-refractivity contribution in [2.45, 2.75) is 26.4 Å². The number of nitrogens with zero attached hydrogens (tertiary/aromatic N) is 3. The minimum atomic E-state index is -0.196. The van der Waals surface area contributed by atoms with Crippen molar-refractivity contribution in [1.82, 2.24) is 9.80 Å². The molecule has 0 aliphatic carbocycles. The van der Waals surface area contributed by atoms with Crippen LogP contribution in [0, 0.1) is 11.5 Å². The minimum Gasteiger partial charge on any atom is -0.354 e. The zero-order valence-electron chi connectivity index (χ0n) is 7.42. The number of allylic oxidation sites excluding steroid dienone is 1. The second kappa shape index (κ2) is 2.16. The Bertz CT molecular complexity index is 234. The fraction of sp³-hybridized carbons (Fsp3) is 0.625. The van der Waals surface area contributed by atoms with E-state index in [-0.39, 0.29) is 5.66 Å². The van der Waals surface area contributed by atoms with Crippen LogP contribution in [-0.4, -0.2) is 22.5 Å². The molecule has 0 aromatic carbocycles. The molecule has 0 bridgehead atoms. The van der Waals surface area contributed by atoms with Crippen LogP contribution in [0.1, 0.15) is 20.8 Å². The summed E-state index contributed by atoms with van der Waals surface area (Å²) in [4.78, 5) is 3.73. The van der Waals surface area contributed by atoms with E-state index < -0.39 is 0 Å². The largest absolute Gasteiger partial charge is 0.354 e. The van der Waals surface area contributed by atoms with Crippen molar-refractivity contribution in [3.63, 3.8) is 0 Å². The van der Waals surface area contributed by atoms with E-state index in [1.54, 1.807) is 4.90 Å². The van der Waals surface area contributed by atoms with Crippen molar-refractivity contribution in [2.24, 2.45) is 0 Å². The normalized spacial score (nSPS) is 21.5. The molecule has 1 rings (SSSR count). The Morgan fingerprint density at radius 1 is 1.55 bits per heavy atom. The van der Waals surface area contributed by atoms with Crippen LogP contribution >= 0.6 is 0 Å². The van der Waals surface area contributed by atoms with Crippen LogP contribution in [0.2, 0.25) is 0 Å². The van der Waals surface area contributed by atoms with E-state index in [0.717, 1.165) is 5.70 Å². The van der Waals surface area contributed by atoms with Gasteiger partial charge in [0.15, 0.2) is 6.19 Å². The topological polar surface area (TPSA) is 30.3 Å². The molecule has 3 heteroatoms. The van der Waals surface area contributed by atoms with Crippen molar-refractivity contribution in [3.05, 3.63) is 11.9 Å². The van der Waals surface area contributed by atoms with Gasteiger partial charge in [0.05, 0.1) is 0 Å². The Kier molecular flexibility index (Phi) is 1.56. The zero-order valence-corrected chi connectivity index (χ0v) is 7.42. The maximum absolute atomic E-state index is 8.74. The highest BCUT2D eigenvalue weighted by Gasteiger charge is 2.35. The molecule has 11 heavy (non-hydrogen) atoms. The Morgan fingerprint density at radius 2 is 2.09 bits per heavy atom. The summed E-state index contributed by atoms with van der Waals surface area (Å²) in [6.45, 7) is 6.03. The van der Waals surface area contributed by atoms with Crippen molar-refractivity contribution < 1.29 is 0 Å². The van der Waals surface area contributed by atoms with Crippen molar-refractivity contribution in [1.29, 1.82) is 5.26 Å². The Morgan fingerprint density at radius 3 is 2.27 bits per heavy atom. The molecule has 0 saturated carbocycles. The SMILES string of the molecule is CC1=CN(C#N)C(C)(C)N1C. The summed E-state index contributed by atoms with van der Waals surface area (Å²) in [7, 11) is 1.99. The number of hydrogen-bond donors (Lipinski definition) is 0. The van der Waals surface area contributed by atoms with Gasteiger partial charge in [-0.1, -0.05) is 0 Å². The molecule has 0 fully saturated rings. The van der Waals surface area contributed by atoms with Gasteiger partial charge in [0, 0.05) is 18.9 Å². The Labute approximate surface area is 67.5 Å². The molecular weight excluding hydrogens is 138 g/mol. The summed E-state index contributed by atoms with van der Waals surface area (Å²) in [5, 5.41) is 8.74. The van der Waals surface area contributed by atoms with Crippen molar-refractivity contribution >= 4 is 0 Å². The summed E-state index contributed by atoms with van der Waals surface area (Å²) in [5.74, 6) is 0. The van der Waals surface area contributed by atoms with E-state index in [2.05, 4.69) is 11.1 Å². The second-order valence-corrected chi connectivity index (χ2v) is 3.29. The van der Waals surface area contributed by atoms with E-state index in [0.29, 0.717) is 0 Å². The fourth-order valence-corrected chi connectivity index (χ4v) is 1.18. The molecule has 1 aliphatic heterocycles. The second-order valence-electron chi connectivity index (χ2n) is 3.29. The van der Waals surface area contributed by atoms with Gasteiger partial charge in [0.25, 0.3) is 0 Å². The van der Waals surface area contributed by atoms with E-state index in [1.807, 2.05) is 34.0 Å². The first-order valence-electron chi connectivity index (χ1n) is 3.61. The Hall–Kier alpha value is -1.17. The summed E-state index contributed by atoms with van der Waals surface area (Å²) >= 11 is 0. The van der Waals surface area contributed by atoms with Gasteiger partial charge in [-0.3, -0.25) is 4.90 Å². The first-order valence-corrected chi connectivity index (χ1v) is 3.61. The number of hydrogen-bond acceptors (Lipinski definition) is 3. The van der Waals surface area contributed by atoms with Crippen LogP contribution < -0.4 is 0 Å². The molecule has 0 N–H and O–H groups in total. The van der Waals surface area contributed by atoms with Crippen LogP contribution in [-0.2, 0) is 0 Å². The maximum Gasteiger partial charge on any atom is 0.185 e. The lowest BCUT2D eigenvalue weighted by atomic mass is 10.2. The lowest BCUT2D eigenvalue weighted by molar-refractivity contribution is 0.120. The number of rotatable bonds is 0. The van der Waals surface area contributed by atoms with E-state index >= 15 is 0 Å². The highest BCUT2D eigenvalue weighted by atomic mass is 15.4. The molecule has 0 atom stereocenters. The summed E-state index contributed by atoms with van der Waals surface area (Å²) in [6, 6.07) is 0. The van der Waals surface area contributed by atoms with Gasteiger partial charge >= 0.3 is 0 Å². The molecule has 1 heterocycles. The van der Waals surface area contributed by atoms with Crippen molar-refractivity contribution in [2.75, 3.05) is 7.05 Å². The molecule has 0 aromatic rings. The van der Waals surface area contributed by atoms with Gasteiger partial charge in [0.2, 0.25) is 0 Å². The first-order chi connectivity index (χ1) is 5.00. The third-order valence-electron chi connectivity index (χ3n) is 2.36. The third-order valence-corrected chi connectivity index (χ3v) is 2.36. The van der Waals surface area contributed by atoms with Gasteiger partial charge in [-0.15, -0.1) is 0 Å².